The van der Waals surface area contributed by atoms with E-state index in [0.29, 0.717) is 0 Å². The molecule has 2 aliphatic heterocycles. The normalized spacial score (nSPS) is 26.5. The number of carbonyl (C=O) groups is 1. The number of piperidine rings is 1. The van der Waals surface area contributed by atoms with Crippen LogP contribution < -0.4 is 5.32 Å². The molecule has 1 atom stereocenters. The highest BCUT2D eigenvalue weighted by Gasteiger charge is 2.32. The second-order valence-corrected chi connectivity index (χ2v) is 4.87. The number of likely N-dealkylation sites (tertiary alicyclic amines) is 1. The Balaban J connectivity index is 0.00000144. The summed E-state index contributed by atoms with van der Waals surface area (Å²) in [6.07, 6.45) is 4.58. The number of hydrogen-bond donors (Lipinski definition) is 1. The number of ether oxygens (including phenoxy) is 1. The minimum atomic E-state index is -0.0496. The van der Waals surface area contributed by atoms with Crippen LogP contribution in [0, 0.1) is 5.92 Å². The van der Waals surface area contributed by atoms with Gasteiger partial charge >= 0.3 is 5.97 Å². The molecule has 5 heteroatoms. The SMILES string of the molecule is COC(=O)C1CCCN1CC1CCNCC1.Cl. The zero-order valence-electron chi connectivity index (χ0n) is 10.5. The third-order valence-corrected chi connectivity index (χ3v) is 3.79. The highest BCUT2D eigenvalue weighted by atomic mass is 35.5. The monoisotopic (exact) mass is 262 g/mol. The first-order chi connectivity index (χ1) is 7.81. The fourth-order valence-corrected chi connectivity index (χ4v) is 2.84. The van der Waals surface area contributed by atoms with E-state index in [0.717, 1.165) is 44.9 Å². The number of halogens is 1. The molecule has 17 heavy (non-hydrogen) atoms. The van der Waals surface area contributed by atoms with Crippen LogP contribution in [0.25, 0.3) is 0 Å². The lowest BCUT2D eigenvalue weighted by atomic mass is 9.97. The molecule has 1 unspecified atom stereocenters. The second-order valence-electron chi connectivity index (χ2n) is 4.87. The van der Waals surface area contributed by atoms with Crippen molar-refractivity contribution in [2.75, 3.05) is 33.3 Å². The molecule has 2 aliphatic rings. The molecule has 0 aromatic carbocycles. The van der Waals surface area contributed by atoms with Crippen LogP contribution in [0.5, 0.6) is 0 Å². The number of carbonyl (C=O) groups excluding carboxylic acids is 1. The van der Waals surface area contributed by atoms with E-state index >= 15 is 0 Å². The minimum absolute atomic E-state index is 0. The lowest BCUT2D eigenvalue weighted by Gasteiger charge is -2.30. The molecule has 0 saturated carbocycles. The molecule has 0 aliphatic carbocycles. The predicted molar refractivity (Wildman–Crippen MR) is 69.5 cm³/mol. The van der Waals surface area contributed by atoms with Gasteiger partial charge in [-0.05, 0) is 51.2 Å². The maximum atomic E-state index is 11.6. The number of esters is 1. The summed E-state index contributed by atoms with van der Waals surface area (Å²) in [6.45, 7) is 4.38. The van der Waals surface area contributed by atoms with Gasteiger partial charge < -0.3 is 10.1 Å². The summed E-state index contributed by atoms with van der Waals surface area (Å²) in [5.74, 6) is 0.706. The van der Waals surface area contributed by atoms with Gasteiger partial charge in [0.2, 0.25) is 0 Å². The quantitative estimate of drug-likeness (QED) is 0.772. The van der Waals surface area contributed by atoms with Crippen molar-refractivity contribution in [3.8, 4) is 0 Å². The molecule has 4 nitrogen and oxygen atoms in total. The molecule has 0 aromatic heterocycles. The summed E-state index contributed by atoms with van der Waals surface area (Å²) in [7, 11) is 1.49. The van der Waals surface area contributed by atoms with E-state index in [-0.39, 0.29) is 24.4 Å². The van der Waals surface area contributed by atoms with Crippen molar-refractivity contribution in [3.63, 3.8) is 0 Å². The first-order valence-electron chi connectivity index (χ1n) is 6.34. The van der Waals surface area contributed by atoms with Crippen molar-refractivity contribution in [2.24, 2.45) is 5.92 Å². The summed E-state index contributed by atoms with van der Waals surface area (Å²) >= 11 is 0. The third-order valence-electron chi connectivity index (χ3n) is 3.79. The van der Waals surface area contributed by atoms with Crippen molar-refractivity contribution < 1.29 is 9.53 Å². The van der Waals surface area contributed by atoms with Gasteiger partial charge in [0.25, 0.3) is 0 Å². The molecule has 100 valence electrons. The molecule has 0 bridgehead atoms. The Kier molecular flexibility index (Phi) is 6.23. The van der Waals surface area contributed by atoms with Crippen molar-refractivity contribution in [2.45, 2.75) is 31.7 Å². The number of methoxy groups -OCH3 is 1. The van der Waals surface area contributed by atoms with Gasteiger partial charge in [-0.3, -0.25) is 9.69 Å². The largest absolute Gasteiger partial charge is 0.468 e. The van der Waals surface area contributed by atoms with Gasteiger partial charge in [0, 0.05) is 6.54 Å². The summed E-state index contributed by atoms with van der Waals surface area (Å²) in [6, 6.07) is 0.0277. The van der Waals surface area contributed by atoms with Crippen LogP contribution in [0.15, 0.2) is 0 Å². The maximum absolute atomic E-state index is 11.6. The smallest absolute Gasteiger partial charge is 0.323 e. The van der Waals surface area contributed by atoms with Crippen LogP contribution in [0.4, 0.5) is 0 Å². The summed E-state index contributed by atoms with van der Waals surface area (Å²) in [5.41, 5.74) is 0. The van der Waals surface area contributed by atoms with Gasteiger partial charge in [-0.2, -0.15) is 0 Å². The summed E-state index contributed by atoms with van der Waals surface area (Å²) in [5, 5.41) is 3.37. The number of rotatable bonds is 3. The Bertz CT molecular complexity index is 245. The molecule has 0 amide bonds. The van der Waals surface area contributed by atoms with Gasteiger partial charge in [0.15, 0.2) is 0 Å². The van der Waals surface area contributed by atoms with Gasteiger partial charge in [-0.25, -0.2) is 0 Å². The third kappa shape index (κ3) is 3.83. The highest BCUT2D eigenvalue weighted by molar-refractivity contribution is 5.85. The molecule has 2 fully saturated rings. The second kappa shape index (κ2) is 7.19. The molecule has 0 aromatic rings. The standard InChI is InChI=1S/C12H22N2O2.ClH/c1-16-12(15)11-3-2-8-14(11)9-10-4-6-13-7-5-10;/h10-11,13H,2-9H2,1H3;1H. The van der Waals surface area contributed by atoms with Gasteiger partial charge in [0.1, 0.15) is 6.04 Å². The Labute approximate surface area is 109 Å². The maximum Gasteiger partial charge on any atom is 0.323 e. The topological polar surface area (TPSA) is 41.6 Å². The minimum Gasteiger partial charge on any atom is -0.468 e. The molecular formula is C12H23ClN2O2. The fourth-order valence-electron chi connectivity index (χ4n) is 2.84. The van der Waals surface area contributed by atoms with E-state index in [1.165, 1.54) is 20.0 Å². The number of nitrogens with zero attached hydrogens (tertiary/aromatic N) is 1. The van der Waals surface area contributed by atoms with Crippen molar-refractivity contribution >= 4 is 18.4 Å². The Morgan fingerprint density at radius 2 is 2.06 bits per heavy atom. The molecule has 2 rings (SSSR count). The lowest BCUT2D eigenvalue weighted by Crippen LogP contribution is -2.42. The molecule has 0 radical (unpaired) electrons. The van der Waals surface area contributed by atoms with Crippen LogP contribution in [-0.2, 0) is 9.53 Å². The van der Waals surface area contributed by atoms with E-state index in [2.05, 4.69) is 10.2 Å². The highest BCUT2D eigenvalue weighted by Crippen LogP contribution is 2.22. The molecular weight excluding hydrogens is 240 g/mol. The zero-order valence-corrected chi connectivity index (χ0v) is 11.3. The lowest BCUT2D eigenvalue weighted by molar-refractivity contribution is -0.146. The molecule has 0 spiro atoms. The zero-order chi connectivity index (χ0) is 11.4. The van der Waals surface area contributed by atoms with E-state index < -0.39 is 0 Å². The fraction of sp³-hybridized carbons (Fsp3) is 0.917. The average molecular weight is 263 g/mol. The van der Waals surface area contributed by atoms with Gasteiger partial charge in [0.05, 0.1) is 7.11 Å². The van der Waals surface area contributed by atoms with Crippen molar-refractivity contribution in [1.82, 2.24) is 10.2 Å². The first-order valence-corrected chi connectivity index (χ1v) is 6.34. The molecule has 2 saturated heterocycles. The van der Waals surface area contributed by atoms with E-state index in [4.69, 9.17) is 4.74 Å². The average Bonchev–Trinajstić information content (AvgIpc) is 2.77. The summed E-state index contributed by atoms with van der Waals surface area (Å²) in [4.78, 5) is 13.9. The van der Waals surface area contributed by atoms with Crippen molar-refractivity contribution in [1.29, 1.82) is 0 Å². The molecule has 1 N–H and O–H groups in total. The van der Waals surface area contributed by atoms with E-state index in [1.807, 2.05) is 0 Å². The van der Waals surface area contributed by atoms with E-state index in [1.54, 1.807) is 0 Å². The van der Waals surface area contributed by atoms with Crippen LogP contribution in [0.3, 0.4) is 0 Å². The van der Waals surface area contributed by atoms with Crippen LogP contribution in [0.2, 0.25) is 0 Å². The Morgan fingerprint density at radius 3 is 2.71 bits per heavy atom. The van der Waals surface area contributed by atoms with Gasteiger partial charge in [-0.15, -0.1) is 12.4 Å². The van der Waals surface area contributed by atoms with Crippen LogP contribution >= 0.6 is 12.4 Å². The van der Waals surface area contributed by atoms with E-state index in [9.17, 15) is 4.79 Å². The number of hydrogen-bond acceptors (Lipinski definition) is 4. The Morgan fingerprint density at radius 1 is 1.35 bits per heavy atom. The molecule has 2 heterocycles. The van der Waals surface area contributed by atoms with Crippen LogP contribution in [-0.4, -0.2) is 50.2 Å². The predicted octanol–water partition coefficient (Wildman–Crippen LogP) is 1.05. The number of nitrogens with one attached hydrogen (secondary N) is 1. The Hall–Kier alpha value is -0.320. The van der Waals surface area contributed by atoms with Crippen molar-refractivity contribution in [3.05, 3.63) is 0 Å². The summed E-state index contributed by atoms with van der Waals surface area (Å²) < 4.78 is 4.86. The van der Waals surface area contributed by atoms with Crippen LogP contribution in [0.1, 0.15) is 25.7 Å². The first kappa shape index (κ1) is 14.7. The van der Waals surface area contributed by atoms with Gasteiger partial charge in [-0.1, -0.05) is 0 Å².